The average molecular weight is 426 g/mol. The molecule has 0 spiro atoms. The van der Waals surface area contributed by atoms with Gasteiger partial charge in [0.05, 0.1) is 11.6 Å². The number of halogens is 2. The lowest BCUT2D eigenvalue weighted by atomic mass is 10.3. The Morgan fingerprint density at radius 2 is 2.00 bits per heavy atom. The molecule has 0 saturated carbocycles. The summed E-state index contributed by atoms with van der Waals surface area (Å²) in [5.41, 5.74) is 0. The summed E-state index contributed by atoms with van der Waals surface area (Å²) in [7, 11) is 1.76. The minimum atomic E-state index is -0.00890. The van der Waals surface area contributed by atoms with Gasteiger partial charge in [-0.05, 0) is 32.4 Å². The van der Waals surface area contributed by atoms with Gasteiger partial charge in [-0.2, -0.15) is 0 Å². The van der Waals surface area contributed by atoms with Gasteiger partial charge in [-0.25, -0.2) is 0 Å². The molecule has 0 aliphatic heterocycles. The van der Waals surface area contributed by atoms with Crippen molar-refractivity contribution in [2.24, 2.45) is 4.99 Å². The van der Waals surface area contributed by atoms with Crippen LogP contribution in [0.5, 0.6) is 5.75 Å². The van der Waals surface area contributed by atoms with E-state index < -0.39 is 0 Å². The van der Waals surface area contributed by atoms with E-state index in [4.69, 9.17) is 16.3 Å². The Morgan fingerprint density at radius 1 is 1.33 bits per heavy atom. The Hall–Kier alpha value is -0.690. The quantitative estimate of drug-likeness (QED) is 0.415. The molecule has 1 aromatic carbocycles. The maximum atomic E-state index is 6.06. The molecule has 21 heavy (non-hydrogen) atoms. The Bertz CT molecular complexity index is 443. The maximum Gasteiger partial charge on any atom is 0.191 e. The van der Waals surface area contributed by atoms with Crippen LogP contribution in [0.3, 0.4) is 0 Å². The molecule has 0 radical (unpaired) electrons. The van der Waals surface area contributed by atoms with E-state index in [1.807, 2.05) is 31.2 Å². The standard InChI is InChI=1S/C15H24ClN3O.HI/c1-5-11(2)19-15(17-4)18-10-12(3)20-14-9-7-6-8-13(14)16;/h6-9,11-12H,5,10H2,1-4H3,(H2,17,18,19);1H. The van der Waals surface area contributed by atoms with Gasteiger partial charge in [-0.15, -0.1) is 24.0 Å². The second-order valence-corrected chi connectivity index (χ2v) is 5.17. The van der Waals surface area contributed by atoms with E-state index in [2.05, 4.69) is 29.5 Å². The monoisotopic (exact) mass is 425 g/mol. The van der Waals surface area contributed by atoms with E-state index >= 15 is 0 Å². The molecule has 0 amide bonds. The Balaban J connectivity index is 0.00000400. The summed E-state index contributed by atoms with van der Waals surface area (Å²) in [6.07, 6.45) is 1.04. The number of nitrogens with zero attached hydrogens (tertiary/aromatic N) is 1. The first-order valence-corrected chi connectivity index (χ1v) is 7.33. The lowest BCUT2D eigenvalue weighted by molar-refractivity contribution is 0.224. The van der Waals surface area contributed by atoms with Crippen molar-refractivity contribution in [3.8, 4) is 5.75 Å². The highest BCUT2D eigenvalue weighted by atomic mass is 127. The highest BCUT2D eigenvalue weighted by Crippen LogP contribution is 2.23. The SMILES string of the molecule is CCC(C)NC(=NC)NCC(C)Oc1ccccc1Cl.I. The zero-order valence-electron chi connectivity index (χ0n) is 13.0. The fraction of sp³-hybridized carbons (Fsp3) is 0.533. The lowest BCUT2D eigenvalue weighted by Crippen LogP contribution is -2.45. The van der Waals surface area contributed by atoms with Crippen molar-refractivity contribution in [2.75, 3.05) is 13.6 Å². The molecule has 2 N–H and O–H groups in total. The summed E-state index contributed by atoms with van der Waals surface area (Å²) in [6, 6.07) is 7.87. The molecule has 1 rings (SSSR count). The number of hydrogen-bond donors (Lipinski definition) is 2. The molecule has 0 heterocycles. The number of para-hydroxylation sites is 1. The second-order valence-electron chi connectivity index (χ2n) is 4.77. The van der Waals surface area contributed by atoms with Gasteiger partial charge in [0.15, 0.2) is 5.96 Å². The highest BCUT2D eigenvalue weighted by molar-refractivity contribution is 14.0. The van der Waals surface area contributed by atoms with E-state index in [9.17, 15) is 0 Å². The topological polar surface area (TPSA) is 45.7 Å². The van der Waals surface area contributed by atoms with Gasteiger partial charge in [0.25, 0.3) is 0 Å². The molecule has 0 aliphatic rings. The minimum absolute atomic E-state index is 0. The third-order valence-corrected chi connectivity index (χ3v) is 3.25. The van der Waals surface area contributed by atoms with Crippen LogP contribution in [0.4, 0.5) is 0 Å². The van der Waals surface area contributed by atoms with Crippen molar-refractivity contribution in [1.82, 2.24) is 10.6 Å². The molecule has 4 nitrogen and oxygen atoms in total. The van der Waals surface area contributed by atoms with Crippen LogP contribution in [0.1, 0.15) is 27.2 Å². The van der Waals surface area contributed by atoms with E-state index in [1.54, 1.807) is 7.05 Å². The molecular weight excluding hydrogens is 401 g/mol. The summed E-state index contributed by atoms with van der Waals surface area (Å²) >= 11 is 6.06. The second kappa shape index (κ2) is 11.0. The van der Waals surface area contributed by atoms with Crippen molar-refractivity contribution in [2.45, 2.75) is 39.3 Å². The number of ether oxygens (including phenoxy) is 1. The fourth-order valence-electron chi connectivity index (χ4n) is 1.57. The fourth-order valence-corrected chi connectivity index (χ4v) is 1.75. The van der Waals surface area contributed by atoms with Crippen LogP contribution in [-0.4, -0.2) is 31.7 Å². The summed E-state index contributed by atoms with van der Waals surface area (Å²) < 4.78 is 5.79. The predicted octanol–water partition coefficient (Wildman–Crippen LogP) is 3.69. The van der Waals surface area contributed by atoms with Gasteiger partial charge in [-0.3, -0.25) is 4.99 Å². The summed E-state index contributed by atoms with van der Waals surface area (Å²) in [5, 5.41) is 7.18. The first kappa shape index (κ1) is 20.3. The Kier molecular flexibility index (Phi) is 10.6. The molecule has 6 heteroatoms. The summed E-state index contributed by atoms with van der Waals surface area (Å²) in [5.74, 6) is 1.49. The number of rotatable bonds is 6. The molecule has 0 aliphatic carbocycles. The van der Waals surface area contributed by atoms with Crippen LogP contribution >= 0.6 is 35.6 Å². The number of hydrogen-bond acceptors (Lipinski definition) is 2. The largest absolute Gasteiger partial charge is 0.487 e. The average Bonchev–Trinajstić information content (AvgIpc) is 2.45. The molecule has 2 unspecified atom stereocenters. The third-order valence-electron chi connectivity index (χ3n) is 2.94. The van der Waals surface area contributed by atoms with Crippen molar-refractivity contribution in [1.29, 1.82) is 0 Å². The molecule has 0 bridgehead atoms. The van der Waals surface area contributed by atoms with Gasteiger partial charge in [-0.1, -0.05) is 30.7 Å². The first-order chi connectivity index (χ1) is 9.56. The number of aliphatic imine (C=N–C) groups is 1. The minimum Gasteiger partial charge on any atom is -0.487 e. The van der Waals surface area contributed by atoms with E-state index in [0.717, 1.165) is 12.4 Å². The smallest absolute Gasteiger partial charge is 0.191 e. The number of benzene rings is 1. The Labute approximate surface area is 149 Å². The van der Waals surface area contributed by atoms with E-state index in [1.165, 1.54) is 0 Å². The lowest BCUT2D eigenvalue weighted by Gasteiger charge is -2.20. The molecule has 0 saturated heterocycles. The van der Waals surface area contributed by atoms with Crippen LogP contribution < -0.4 is 15.4 Å². The summed E-state index contributed by atoms with van der Waals surface area (Å²) in [6.45, 7) is 6.90. The van der Waals surface area contributed by atoms with Gasteiger partial charge in [0.1, 0.15) is 11.9 Å². The van der Waals surface area contributed by atoms with Gasteiger partial charge >= 0.3 is 0 Å². The molecule has 2 atom stereocenters. The molecule has 1 aromatic rings. The van der Waals surface area contributed by atoms with Crippen LogP contribution in [0, 0.1) is 0 Å². The predicted molar refractivity (Wildman–Crippen MR) is 101 cm³/mol. The van der Waals surface area contributed by atoms with Crippen LogP contribution in [0.2, 0.25) is 5.02 Å². The summed E-state index contributed by atoms with van der Waals surface area (Å²) in [4.78, 5) is 4.19. The molecule has 120 valence electrons. The van der Waals surface area contributed by atoms with Crippen LogP contribution in [-0.2, 0) is 0 Å². The Morgan fingerprint density at radius 3 is 2.57 bits per heavy atom. The van der Waals surface area contributed by atoms with Crippen molar-refractivity contribution < 1.29 is 4.74 Å². The zero-order valence-corrected chi connectivity index (χ0v) is 16.1. The van der Waals surface area contributed by atoms with Gasteiger partial charge in [0.2, 0.25) is 0 Å². The normalized spacial score (nSPS) is 13.9. The van der Waals surface area contributed by atoms with Gasteiger partial charge in [0, 0.05) is 13.1 Å². The van der Waals surface area contributed by atoms with Crippen molar-refractivity contribution >= 4 is 41.5 Å². The van der Waals surface area contributed by atoms with Crippen molar-refractivity contribution in [3.05, 3.63) is 29.3 Å². The molecule has 0 aromatic heterocycles. The van der Waals surface area contributed by atoms with E-state index in [-0.39, 0.29) is 30.1 Å². The van der Waals surface area contributed by atoms with Crippen molar-refractivity contribution in [3.63, 3.8) is 0 Å². The maximum absolute atomic E-state index is 6.06. The third kappa shape index (κ3) is 7.76. The number of nitrogens with one attached hydrogen (secondary N) is 2. The first-order valence-electron chi connectivity index (χ1n) is 6.95. The number of guanidine groups is 1. The highest BCUT2D eigenvalue weighted by Gasteiger charge is 2.08. The van der Waals surface area contributed by atoms with Crippen LogP contribution in [0.15, 0.2) is 29.3 Å². The van der Waals surface area contributed by atoms with Gasteiger partial charge < -0.3 is 15.4 Å². The van der Waals surface area contributed by atoms with Crippen LogP contribution in [0.25, 0.3) is 0 Å². The zero-order chi connectivity index (χ0) is 15.0. The van der Waals surface area contributed by atoms with E-state index in [0.29, 0.717) is 23.4 Å². The molecular formula is C15H25ClIN3O. The molecule has 0 fully saturated rings.